The van der Waals surface area contributed by atoms with Crippen LogP contribution in [0, 0.1) is 5.92 Å². The lowest BCUT2D eigenvalue weighted by molar-refractivity contribution is -0.147. The lowest BCUT2D eigenvalue weighted by atomic mass is 10.1. The van der Waals surface area contributed by atoms with E-state index in [0.29, 0.717) is 5.92 Å². The van der Waals surface area contributed by atoms with Crippen LogP contribution in [-0.4, -0.2) is 95.6 Å². The van der Waals surface area contributed by atoms with Crippen molar-refractivity contribution < 1.29 is 56.4 Å². The summed E-state index contributed by atoms with van der Waals surface area (Å²) in [7, 11) is 1.11. The summed E-state index contributed by atoms with van der Waals surface area (Å²) in [6.45, 7) is 3.14. The molecule has 1 unspecified atom stereocenters. The number of hydrogen-bond donors (Lipinski definition) is 2. The number of carbonyl (C=O) groups excluding carboxylic acids is 3. The van der Waals surface area contributed by atoms with E-state index in [0.717, 1.165) is 29.8 Å². The highest BCUT2D eigenvalue weighted by Crippen LogP contribution is 2.37. The Bertz CT molecular complexity index is 1420. The van der Waals surface area contributed by atoms with Gasteiger partial charge in [0.2, 0.25) is 5.89 Å². The average molecular weight is 639 g/mol. The molecule has 1 saturated carbocycles. The first-order chi connectivity index (χ1) is 21.2. The number of carbonyl (C=O) groups is 4. The molecule has 14 nitrogen and oxygen atoms in total. The molecule has 2 atom stereocenters. The van der Waals surface area contributed by atoms with E-state index >= 15 is 0 Å². The van der Waals surface area contributed by atoms with Gasteiger partial charge in [-0.3, -0.25) is 4.79 Å². The van der Waals surface area contributed by atoms with E-state index in [1.54, 1.807) is 20.8 Å². The topological polar surface area (TPSA) is 170 Å². The molecule has 1 aliphatic carbocycles. The fourth-order valence-corrected chi connectivity index (χ4v) is 4.56. The van der Waals surface area contributed by atoms with Crippen LogP contribution >= 0.6 is 0 Å². The van der Waals surface area contributed by atoms with Crippen molar-refractivity contribution in [1.29, 1.82) is 0 Å². The van der Waals surface area contributed by atoms with Gasteiger partial charge in [0.05, 0.1) is 26.3 Å². The molecule has 246 valence electrons. The third-order valence-corrected chi connectivity index (χ3v) is 6.95. The Morgan fingerprint density at radius 1 is 1.16 bits per heavy atom. The van der Waals surface area contributed by atoms with E-state index in [-0.39, 0.29) is 60.6 Å². The molecule has 45 heavy (non-hydrogen) atoms. The lowest BCUT2D eigenvalue weighted by Gasteiger charge is -2.38. The van der Waals surface area contributed by atoms with Crippen LogP contribution in [0.15, 0.2) is 22.6 Å². The minimum absolute atomic E-state index is 0.0165. The van der Waals surface area contributed by atoms with Gasteiger partial charge in [-0.05, 0) is 64.7 Å². The number of piperazine rings is 1. The predicted octanol–water partition coefficient (Wildman–Crippen LogP) is 4.29. The van der Waals surface area contributed by atoms with Gasteiger partial charge in [-0.1, -0.05) is 0 Å². The summed E-state index contributed by atoms with van der Waals surface area (Å²) in [4.78, 5) is 57.3. The summed E-state index contributed by atoms with van der Waals surface area (Å²) < 4.78 is 52.7. The molecule has 2 aliphatic rings. The number of carboxylic acid groups (broad SMARTS) is 1. The molecule has 0 spiro atoms. The van der Waals surface area contributed by atoms with Crippen molar-refractivity contribution in [3.05, 3.63) is 29.7 Å². The summed E-state index contributed by atoms with van der Waals surface area (Å²) in [5, 5.41) is 12.0. The summed E-state index contributed by atoms with van der Waals surface area (Å²) in [5.41, 5.74) is -0.863. The molecule has 2 heterocycles. The zero-order valence-electron chi connectivity index (χ0n) is 25.5. The number of alkyl carbamates (subject to hydrolysis) is 1. The molecule has 4 rings (SSSR count). The number of amides is 3. The van der Waals surface area contributed by atoms with Crippen molar-refractivity contribution in [1.82, 2.24) is 20.1 Å². The van der Waals surface area contributed by atoms with E-state index in [9.17, 15) is 33.1 Å². The molecule has 2 fully saturated rings. The molecule has 3 amide bonds. The number of methoxy groups -OCH3 is 1. The number of alkyl halides is 2. The Hall–Kier alpha value is -4.63. The molecule has 1 saturated heterocycles. The van der Waals surface area contributed by atoms with Crippen LogP contribution in [0.5, 0.6) is 11.5 Å². The van der Waals surface area contributed by atoms with Gasteiger partial charge in [-0.15, -0.1) is 0 Å². The maximum atomic E-state index is 14.0. The van der Waals surface area contributed by atoms with Crippen molar-refractivity contribution in [3.8, 4) is 23.0 Å². The molecule has 1 aromatic heterocycles. The number of benzene rings is 1. The second-order valence-corrected chi connectivity index (χ2v) is 11.7. The normalized spacial score (nSPS) is 17.5. The smallest absolute Gasteiger partial charge is 0.408 e. The highest BCUT2D eigenvalue weighted by molar-refractivity contribution is 5.97. The molecule has 1 aromatic carbocycles. The highest BCUT2D eigenvalue weighted by atomic mass is 19.3. The average Bonchev–Trinajstić information content (AvgIpc) is 3.69. The Kier molecular flexibility index (Phi) is 10.0. The quantitative estimate of drug-likeness (QED) is 0.356. The van der Waals surface area contributed by atoms with E-state index in [1.165, 1.54) is 25.1 Å². The summed E-state index contributed by atoms with van der Waals surface area (Å²) in [6.07, 6.45) is -0.169. The molecule has 16 heteroatoms. The first-order valence-corrected chi connectivity index (χ1v) is 14.3. The van der Waals surface area contributed by atoms with Crippen LogP contribution in [0.4, 0.5) is 18.4 Å². The number of esters is 1. The Labute approximate surface area is 257 Å². The number of aromatic nitrogens is 1. The van der Waals surface area contributed by atoms with Crippen LogP contribution in [0.25, 0.3) is 11.5 Å². The standard InChI is InChI=1S/C29H36F2N4O10/c1-15(32-27(38)45-29(2,3)4)22-21(24(36)35-11-10-34(28(39)40)13-18(35)25(37)41-5)33-23(44-22)17-8-9-19(43-26(30)31)20(12-17)42-14-16-6-7-16/h8-9,12,15-16,18,26H,6-7,10-11,13-14H2,1-5H3,(H,32,38)(H,39,40)/t15-,18?/m0/s1. The van der Waals surface area contributed by atoms with Crippen molar-refractivity contribution in [2.45, 2.75) is 64.8 Å². The number of oxazole rings is 1. The Morgan fingerprint density at radius 2 is 1.87 bits per heavy atom. The van der Waals surface area contributed by atoms with Gasteiger partial charge in [-0.2, -0.15) is 8.78 Å². The number of halogens is 2. The maximum absolute atomic E-state index is 14.0. The summed E-state index contributed by atoms with van der Waals surface area (Å²) in [5.74, 6) is -1.73. The van der Waals surface area contributed by atoms with Crippen LogP contribution < -0.4 is 14.8 Å². The van der Waals surface area contributed by atoms with E-state index < -0.39 is 48.4 Å². The largest absolute Gasteiger partial charge is 0.489 e. The first kappa shape index (κ1) is 33.3. The van der Waals surface area contributed by atoms with Crippen LogP contribution in [0.3, 0.4) is 0 Å². The highest BCUT2D eigenvalue weighted by Gasteiger charge is 2.41. The van der Waals surface area contributed by atoms with Crippen LogP contribution in [0.1, 0.15) is 62.8 Å². The number of ether oxygens (including phenoxy) is 4. The Morgan fingerprint density at radius 3 is 2.47 bits per heavy atom. The monoisotopic (exact) mass is 638 g/mol. The molecule has 2 aromatic rings. The number of hydrogen-bond acceptors (Lipinski definition) is 10. The van der Waals surface area contributed by atoms with Gasteiger partial charge in [0.25, 0.3) is 5.91 Å². The number of rotatable bonds is 10. The van der Waals surface area contributed by atoms with E-state index in [2.05, 4.69) is 15.0 Å². The van der Waals surface area contributed by atoms with Crippen molar-refractivity contribution >= 4 is 24.1 Å². The fraction of sp³-hybridized carbons (Fsp3) is 0.552. The summed E-state index contributed by atoms with van der Waals surface area (Å²) >= 11 is 0. The SMILES string of the molecule is COC(=O)C1CN(C(=O)O)CCN1C(=O)c1nc(-c2ccc(OC(F)F)c(OCC3CC3)c2)oc1[C@H](C)NC(=O)OC(C)(C)C. The molecular formula is C29H36F2N4O10. The lowest BCUT2D eigenvalue weighted by Crippen LogP contribution is -2.59. The third kappa shape index (κ3) is 8.51. The van der Waals surface area contributed by atoms with Crippen molar-refractivity contribution in [2.24, 2.45) is 5.92 Å². The number of nitrogens with one attached hydrogen (secondary N) is 1. The van der Waals surface area contributed by atoms with Crippen molar-refractivity contribution in [2.75, 3.05) is 33.4 Å². The predicted molar refractivity (Wildman–Crippen MR) is 151 cm³/mol. The third-order valence-electron chi connectivity index (χ3n) is 6.95. The second kappa shape index (κ2) is 13.6. The van der Waals surface area contributed by atoms with Gasteiger partial charge in [0.15, 0.2) is 23.0 Å². The van der Waals surface area contributed by atoms with E-state index in [4.69, 9.17) is 18.6 Å². The second-order valence-electron chi connectivity index (χ2n) is 11.7. The zero-order valence-corrected chi connectivity index (χ0v) is 25.5. The van der Waals surface area contributed by atoms with Crippen LogP contribution in [-0.2, 0) is 14.3 Å². The molecule has 2 N–H and O–H groups in total. The van der Waals surface area contributed by atoms with Gasteiger partial charge < -0.3 is 43.6 Å². The molecule has 0 bridgehead atoms. The van der Waals surface area contributed by atoms with Crippen LogP contribution in [0.2, 0.25) is 0 Å². The first-order valence-electron chi connectivity index (χ1n) is 14.3. The Balaban J connectivity index is 1.73. The van der Waals surface area contributed by atoms with E-state index in [1.807, 2.05) is 0 Å². The minimum Gasteiger partial charge on any atom is -0.489 e. The van der Waals surface area contributed by atoms with Gasteiger partial charge in [0.1, 0.15) is 11.6 Å². The minimum atomic E-state index is -3.10. The molecule has 0 radical (unpaired) electrons. The van der Waals surface area contributed by atoms with Gasteiger partial charge >= 0.3 is 24.8 Å². The fourth-order valence-electron chi connectivity index (χ4n) is 4.56. The number of nitrogens with zero attached hydrogens (tertiary/aromatic N) is 3. The molecule has 1 aliphatic heterocycles. The summed E-state index contributed by atoms with van der Waals surface area (Å²) in [6, 6.07) is 1.77. The van der Waals surface area contributed by atoms with Crippen molar-refractivity contribution in [3.63, 3.8) is 0 Å². The maximum Gasteiger partial charge on any atom is 0.408 e. The zero-order chi connectivity index (χ0) is 33.1. The van der Waals surface area contributed by atoms with Gasteiger partial charge in [-0.25, -0.2) is 19.4 Å². The molecular weight excluding hydrogens is 602 g/mol. The van der Waals surface area contributed by atoms with Gasteiger partial charge in [0, 0.05) is 18.7 Å².